The monoisotopic (exact) mass is 556 g/mol. The number of rotatable bonds is 14. The van der Waals surface area contributed by atoms with Crippen LogP contribution in [0.4, 0.5) is 0 Å². The average Bonchev–Trinajstić information content (AvgIpc) is 3.26. The molecule has 1 aliphatic carbocycles. The molecule has 0 aromatic rings. The Labute approximate surface area is 252 Å². The van der Waals surface area contributed by atoms with E-state index in [0.717, 1.165) is 36.8 Å². The van der Waals surface area contributed by atoms with Crippen LogP contribution in [0.3, 0.4) is 0 Å². The Kier molecular flexibility index (Phi) is 16.9. The first-order valence-corrected chi connectivity index (χ1v) is 15.1. The second-order valence-corrected chi connectivity index (χ2v) is 12.3. The summed E-state index contributed by atoms with van der Waals surface area (Å²) in [5, 5.41) is 20.8. The van der Waals surface area contributed by atoms with Crippen molar-refractivity contribution in [3.8, 4) is 0 Å². The highest BCUT2D eigenvalue weighted by Gasteiger charge is 2.41. The molecule has 2 heteroatoms. The molecule has 0 aliphatic heterocycles. The molecule has 0 saturated heterocycles. The van der Waals surface area contributed by atoms with Gasteiger partial charge < -0.3 is 10.2 Å². The Morgan fingerprint density at radius 1 is 0.659 bits per heavy atom. The van der Waals surface area contributed by atoms with E-state index in [9.17, 15) is 10.2 Å². The van der Waals surface area contributed by atoms with Crippen LogP contribution in [0.1, 0.15) is 88.0 Å². The molecule has 2 nitrogen and oxygen atoms in total. The molecular weight excluding hydrogens is 500 g/mol. The third-order valence-electron chi connectivity index (χ3n) is 7.27. The molecule has 0 heterocycles. The highest BCUT2D eigenvalue weighted by molar-refractivity contribution is 5.32. The molecule has 1 fully saturated rings. The van der Waals surface area contributed by atoms with Crippen molar-refractivity contribution in [2.75, 3.05) is 0 Å². The van der Waals surface area contributed by atoms with E-state index in [0.29, 0.717) is 0 Å². The normalized spacial score (nSPS) is 22.5. The zero-order valence-electron chi connectivity index (χ0n) is 27.2. The molecule has 224 valence electrons. The molecule has 0 amide bonds. The van der Waals surface area contributed by atoms with E-state index >= 15 is 0 Å². The van der Waals surface area contributed by atoms with Gasteiger partial charge in [-0.3, -0.25) is 0 Å². The van der Waals surface area contributed by atoms with E-state index in [1.165, 1.54) is 22.3 Å². The van der Waals surface area contributed by atoms with Gasteiger partial charge in [-0.25, -0.2) is 0 Å². The predicted octanol–water partition coefficient (Wildman–Crippen LogP) is 10.4. The van der Waals surface area contributed by atoms with Gasteiger partial charge in [0.05, 0.1) is 11.7 Å². The number of hydrogen-bond acceptors (Lipinski definition) is 2. The van der Waals surface area contributed by atoms with Crippen LogP contribution in [0.25, 0.3) is 0 Å². The Balaban J connectivity index is 2.57. The summed E-state index contributed by atoms with van der Waals surface area (Å²) in [6, 6.07) is 0. The second kappa shape index (κ2) is 19.2. The van der Waals surface area contributed by atoms with E-state index < -0.39 is 5.60 Å². The summed E-state index contributed by atoms with van der Waals surface area (Å²) < 4.78 is 0. The van der Waals surface area contributed by atoms with Crippen LogP contribution >= 0.6 is 0 Å². The molecule has 41 heavy (non-hydrogen) atoms. The van der Waals surface area contributed by atoms with E-state index in [4.69, 9.17) is 0 Å². The van der Waals surface area contributed by atoms with Crippen molar-refractivity contribution >= 4 is 0 Å². The lowest BCUT2D eigenvalue weighted by Gasteiger charge is -2.30. The van der Waals surface area contributed by atoms with Gasteiger partial charge in [-0.1, -0.05) is 131 Å². The standard InChI is InChI=1S/C39H56O2/c1-30(2)16-12-19-33(5)22-14-24-34(6)23-13-20-31(3)17-10-11-18-32(4)21-15-25-35(7)26-27-36-37(39(8,9)41)28-29-38(36)40/h10-11,13-18,20-27,36-38,40-41H,12,19,28-29H2,1-9H3/b11-10+,20-13+,21-15+,24-14+,27-26+,31-17+,32-18+,33-22+,34-23+,35-25+. The van der Waals surface area contributed by atoms with Crippen LogP contribution < -0.4 is 0 Å². The van der Waals surface area contributed by atoms with E-state index in [1.807, 2.05) is 19.9 Å². The number of aliphatic hydroxyl groups is 2. The molecule has 3 unspecified atom stereocenters. The summed E-state index contributed by atoms with van der Waals surface area (Å²) >= 11 is 0. The maximum atomic E-state index is 10.4. The summed E-state index contributed by atoms with van der Waals surface area (Å²) in [5.41, 5.74) is 6.69. The Morgan fingerprint density at radius 3 is 1.61 bits per heavy atom. The van der Waals surface area contributed by atoms with Gasteiger partial charge in [0.25, 0.3) is 0 Å². The summed E-state index contributed by atoms with van der Waals surface area (Å²) in [5.74, 6) is 0.0846. The molecule has 1 rings (SSSR count). The zero-order valence-corrected chi connectivity index (χ0v) is 27.2. The fourth-order valence-corrected chi connectivity index (χ4v) is 4.73. The Hall–Kier alpha value is -2.94. The van der Waals surface area contributed by atoms with Crippen LogP contribution in [0.5, 0.6) is 0 Å². The van der Waals surface area contributed by atoms with Crippen LogP contribution in [0, 0.1) is 11.8 Å². The SMILES string of the molecule is CC(C)=CCC/C(C)=C/C=C/C(C)=C/C=C/C(C)=C/C=C/C=C(C)/C=C/C=C(C)/C=C/C1C(O)CCC1C(C)(C)O. The molecule has 3 atom stereocenters. The third kappa shape index (κ3) is 16.8. The maximum Gasteiger partial charge on any atom is 0.0626 e. The van der Waals surface area contributed by atoms with Crippen LogP contribution in [-0.2, 0) is 0 Å². The van der Waals surface area contributed by atoms with Gasteiger partial charge in [0.1, 0.15) is 0 Å². The minimum Gasteiger partial charge on any atom is -0.393 e. The van der Waals surface area contributed by atoms with E-state index in [-0.39, 0.29) is 17.9 Å². The lowest BCUT2D eigenvalue weighted by Crippen LogP contribution is -2.35. The van der Waals surface area contributed by atoms with Gasteiger partial charge in [-0.2, -0.15) is 0 Å². The molecule has 2 N–H and O–H groups in total. The lowest BCUT2D eigenvalue weighted by molar-refractivity contribution is -0.00402. The summed E-state index contributed by atoms with van der Waals surface area (Å²) in [7, 11) is 0. The van der Waals surface area contributed by atoms with Crippen LogP contribution in [0.15, 0.2) is 131 Å². The molecular formula is C39H56O2. The first-order valence-electron chi connectivity index (χ1n) is 15.1. The lowest BCUT2D eigenvalue weighted by atomic mass is 9.81. The summed E-state index contributed by atoms with van der Waals surface area (Å²) in [6.07, 6.45) is 37.2. The third-order valence-corrected chi connectivity index (χ3v) is 7.27. The minimum atomic E-state index is -0.779. The fraction of sp³-hybridized carbons (Fsp3) is 0.436. The van der Waals surface area contributed by atoms with Gasteiger partial charge in [0.2, 0.25) is 0 Å². The Morgan fingerprint density at radius 2 is 1.12 bits per heavy atom. The highest BCUT2D eigenvalue weighted by atomic mass is 16.3. The van der Waals surface area contributed by atoms with E-state index in [1.54, 1.807) is 0 Å². The predicted molar refractivity (Wildman–Crippen MR) is 182 cm³/mol. The largest absolute Gasteiger partial charge is 0.393 e. The van der Waals surface area contributed by atoms with Crippen molar-refractivity contribution in [2.45, 2.75) is 99.7 Å². The van der Waals surface area contributed by atoms with Gasteiger partial charge in [0.15, 0.2) is 0 Å². The van der Waals surface area contributed by atoms with Gasteiger partial charge in [-0.15, -0.1) is 0 Å². The molecule has 0 aromatic heterocycles. The number of hydrogen-bond donors (Lipinski definition) is 2. The van der Waals surface area contributed by atoms with Crippen LogP contribution in [0.2, 0.25) is 0 Å². The molecule has 1 aliphatic rings. The average molecular weight is 557 g/mol. The van der Waals surface area contributed by atoms with Gasteiger partial charge >= 0.3 is 0 Å². The molecule has 0 bridgehead atoms. The smallest absolute Gasteiger partial charge is 0.0626 e. The first kappa shape index (κ1) is 36.1. The van der Waals surface area contributed by atoms with Crippen molar-refractivity contribution in [3.05, 3.63) is 131 Å². The van der Waals surface area contributed by atoms with E-state index in [2.05, 4.69) is 140 Å². The topological polar surface area (TPSA) is 40.5 Å². The molecule has 0 aromatic carbocycles. The van der Waals surface area contributed by atoms with Crippen molar-refractivity contribution in [1.29, 1.82) is 0 Å². The summed E-state index contributed by atoms with van der Waals surface area (Å²) in [6.45, 7) is 18.5. The van der Waals surface area contributed by atoms with Crippen molar-refractivity contribution in [3.63, 3.8) is 0 Å². The first-order chi connectivity index (χ1) is 19.3. The quantitative estimate of drug-likeness (QED) is 0.165. The summed E-state index contributed by atoms with van der Waals surface area (Å²) in [4.78, 5) is 0. The maximum absolute atomic E-state index is 10.4. The Bertz CT molecular complexity index is 1140. The van der Waals surface area contributed by atoms with Crippen molar-refractivity contribution in [2.24, 2.45) is 11.8 Å². The van der Waals surface area contributed by atoms with Crippen LogP contribution in [-0.4, -0.2) is 21.9 Å². The van der Waals surface area contributed by atoms with Crippen molar-refractivity contribution in [1.82, 2.24) is 0 Å². The highest BCUT2D eigenvalue weighted by Crippen LogP contribution is 2.40. The molecule has 0 spiro atoms. The van der Waals surface area contributed by atoms with Crippen molar-refractivity contribution < 1.29 is 10.2 Å². The zero-order chi connectivity index (χ0) is 30.8. The number of allylic oxidation sites excluding steroid dienone is 21. The number of aliphatic hydroxyl groups excluding tert-OH is 1. The molecule has 1 saturated carbocycles. The molecule has 0 radical (unpaired) electrons. The second-order valence-electron chi connectivity index (χ2n) is 12.3. The van der Waals surface area contributed by atoms with Gasteiger partial charge in [-0.05, 0) is 93.9 Å². The fourth-order valence-electron chi connectivity index (χ4n) is 4.73. The van der Waals surface area contributed by atoms with Gasteiger partial charge in [0, 0.05) is 5.92 Å². The minimum absolute atomic E-state index is 0.00305.